The first-order valence-electron chi connectivity index (χ1n) is 7.30. The van der Waals surface area contributed by atoms with Crippen molar-refractivity contribution in [2.24, 2.45) is 0 Å². The van der Waals surface area contributed by atoms with Gasteiger partial charge in [-0.15, -0.1) is 0 Å². The third kappa shape index (κ3) is 3.09. The number of halogens is 2. The molecule has 5 nitrogen and oxygen atoms in total. The number of hydrogen-bond donors (Lipinski definition) is 0. The molecule has 0 amide bonds. The molecule has 7 heteroatoms. The second-order valence-corrected chi connectivity index (χ2v) is 6.21. The Hall–Kier alpha value is -2.11. The second-order valence-electron chi connectivity index (χ2n) is 5.51. The highest BCUT2D eigenvalue weighted by Gasteiger charge is 2.16. The molecule has 0 spiro atoms. The quantitative estimate of drug-likeness (QED) is 0.518. The van der Waals surface area contributed by atoms with E-state index in [1.165, 1.54) is 0 Å². The van der Waals surface area contributed by atoms with Crippen molar-refractivity contribution in [1.82, 2.24) is 15.0 Å². The number of pyridine rings is 1. The van der Waals surface area contributed by atoms with E-state index in [4.69, 9.17) is 27.9 Å². The molecule has 124 valence electrons. The maximum Gasteiger partial charge on any atom is 0.223 e. The molecule has 0 saturated heterocycles. The predicted octanol–water partition coefficient (Wildman–Crippen LogP) is 4.00. The molecule has 3 aromatic rings. The van der Waals surface area contributed by atoms with Crippen molar-refractivity contribution in [3.05, 3.63) is 52.2 Å². The number of methoxy groups -OCH3 is 1. The summed E-state index contributed by atoms with van der Waals surface area (Å²) in [6.45, 7) is 0. The van der Waals surface area contributed by atoms with Gasteiger partial charge in [0.1, 0.15) is 16.6 Å². The number of ether oxygens (including phenoxy) is 1. The number of nitrogens with zero attached hydrogens (tertiary/aromatic N) is 4. The van der Waals surface area contributed by atoms with Crippen LogP contribution in [0, 0.1) is 0 Å². The first kappa shape index (κ1) is 16.7. The van der Waals surface area contributed by atoms with Gasteiger partial charge in [-0.1, -0.05) is 17.7 Å². The fourth-order valence-electron chi connectivity index (χ4n) is 2.70. The van der Waals surface area contributed by atoms with Gasteiger partial charge in [0, 0.05) is 43.9 Å². The van der Waals surface area contributed by atoms with Crippen molar-refractivity contribution in [3.8, 4) is 5.75 Å². The maximum atomic E-state index is 6.20. The van der Waals surface area contributed by atoms with Gasteiger partial charge in [-0.25, -0.2) is 9.97 Å². The fraction of sp³-hybridized carbons (Fsp3) is 0.235. The first-order valence-corrected chi connectivity index (χ1v) is 8.05. The lowest BCUT2D eigenvalue weighted by Gasteiger charge is -2.20. The highest BCUT2D eigenvalue weighted by atomic mass is 35.5. The number of hydrogen-bond acceptors (Lipinski definition) is 5. The van der Waals surface area contributed by atoms with Crippen LogP contribution in [0.1, 0.15) is 11.1 Å². The van der Waals surface area contributed by atoms with Crippen LogP contribution in [0.5, 0.6) is 5.75 Å². The van der Waals surface area contributed by atoms with E-state index in [0.717, 1.165) is 33.5 Å². The summed E-state index contributed by atoms with van der Waals surface area (Å²) in [7, 11) is 5.59. The van der Waals surface area contributed by atoms with Crippen LogP contribution in [0.4, 0.5) is 5.69 Å². The van der Waals surface area contributed by atoms with Gasteiger partial charge in [0.15, 0.2) is 0 Å². The summed E-state index contributed by atoms with van der Waals surface area (Å²) in [6.07, 6.45) is 3.98. The maximum absolute atomic E-state index is 6.20. The molecule has 0 bridgehead atoms. The van der Waals surface area contributed by atoms with Crippen molar-refractivity contribution in [3.63, 3.8) is 0 Å². The lowest BCUT2D eigenvalue weighted by molar-refractivity contribution is 0.415. The van der Waals surface area contributed by atoms with Gasteiger partial charge >= 0.3 is 0 Å². The first-order chi connectivity index (χ1) is 11.5. The molecule has 0 saturated carbocycles. The molecule has 0 unspecified atom stereocenters. The smallest absolute Gasteiger partial charge is 0.223 e. The van der Waals surface area contributed by atoms with E-state index in [2.05, 4.69) is 15.0 Å². The zero-order valence-corrected chi connectivity index (χ0v) is 15.1. The molecule has 0 aliphatic heterocycles. The van der Waals surface area contributed by atoms with Crippen molar-refractivity contribution in [1.29, 1.82) is 0 Å². The number of rotatable bonds is 4. The van der Waals surface area contributed by atoms with Crippen LogP contribution in [0.25, 0.3) is 10.9 Å². The Morgan fingerprint density at radius 1 is 1.17 bits per heavy atom. The van der Waals surface area contributed by atoms with E-state index in [1.54, 1.807) is 19.5 Å². The molecule has 0 N–H and O–H groups in total. The van der Waals surface area contributed by atoms with Gasteiger partial charge < -0.3 is 9.64 Å². The minimum absolute atomic E-state index is 0.135. The summed E-state index contributed by atoms with van der Waals surface area (Å²) >= 11 is 12.0. The molecule has 2 aromatic heterocycles. The fourth-order valence-corrected chi connectivity index (χ4v) is 3.07. The molecule has 2 heterocycles. The van der Waals surface area contributed by atoms with E-state index in [0.29, 0.717) is 11.6 Å². The Labute approximate surface area is 150 Å². The molecule has 24 heavy (non-hydrogen) atoms. The van der Waals surface area contributed by atoms with Crippen LogP contribution in [-0.2, 0) is 6.42 Å². The van der Waals surface area contributed by atoms with Crippen LogP contribution in [0.3, 0.4) is 0 Å². The zero-order chi connectivity index (χ0) is 17.3. The van der Waals surface area contributed by atoms with Crippen molar-refractivity contribution in [2.45, 2.75) is 6.42 Å². The summed E-state index contributed by atoms with van der Waals surface area (Å²) < 4.78 is 5.58. The van der Waals surface area contributed by atoms with E-state index < -0.39 is 0 Å². The van der Waals surface area contributed by atoms with Crippen molar-refractivity contribution < 1.29 is 4.74 Å². The standard InChI is InChI=1S/C17H16Cl2N4O/c1-23(2)15-13(24-3)8-10(12-5-4-6-20-14(12)15)7-11-9-21-17(19)22-16(11)18/h4-6,8-9H,7H2,1-3H3. The van der Waals surface area contributed by atoms with E-state index >= 15 is 0 Å². The third-order valence-electron chi connectivity index (χ3n) is 3.75. The largest absolute Gasteiger partial charge is 0.494 e. The molecule has 1 aromatic carbocycles. The highest BCUT2D eigenvalue weighted by molar-refractivity contribution is 6.32. The summed E-state index contributed by atoms with van der Waals surface area (Å²) in [5.74, 6) is 0.757. The Bertz CT molecular complexity index is 899. The van der Waals surface area contributed by atoms with Crippen molar-refractivity contribution in [2.75, 3.05) is 26.1 Å². The number of anilines is 1. The molecule has 3 rings (SSSR count). The Kier molecular flexibility index (Phi) is 4.73. The molecule has 0 radical (unpaired) electrons. The normalized spacial score (nSPS) is 10.9. The minimum atomic E-state index is 0.135. The lowest BCUT2D eigenvalue weighted by Crippen LogP contribution is -2.12. The molecule has 0 fully saturated rings. The van der Waals surface area contributed by atoms with Crippen LogP contribution in [0.2, 0.25) is 10.4 Å². The Morgan fingerprint density at radius 3 is 2.62 bits per heavy atom. The average Bonchev–Trinajstić information content (AvgIpc) is 2.56. The van der Waals surface area contributed by atoms with E-state index in [-0.39, 0.29) is 5.28 Å². The summed E-state index contributed by atoms with van der Waals surface area (Å²) in [4.78, 5) is 14.6. The van der Waals surface area contributed by atoms with Crippen molar-refractivity contribution >= 4 is 39.8 Å². The van der Waals surface area contributed by atoms with E-state index in [9.17, 15) is 0 Å². The summed E-state index contributed by atoms with van der Waals surface area (Å²) in [6, 6.07) is 5.96. The van der Waals surface area contributed by atoms with Gasteiger partial charge in [-0.2, -0.15) is 0 Å². The highest BCUT2D eigenvalue weighted by Crippen LogP contribution is 2.37. The Balaban J connectivity index is 2.19. The molecular weight excluding hydrogens is 347 g/mol. The van der Waals surface area contributed by atoms with E-state index in [1.807, 2.05) is 37.2 Å². The number of aromatic nitrogens is 3. The van der Waals surface area contributed by atoms with Gasteiger partial charge in [-0.05, 0) is 29.3 Å². The minimum Gasteiger partial charge on any atom is -0.494 e. The molecular formula is C17H16Cl2N4O. The predicted molar refractivity (Wildman–Crippen MR) is 97.5 cm³/mol. The SMILES string of the molecule is COc1cc(Cc2cnc(Cl)nc2Cl)c2cccnc2c1N(C)C. The summed E-state index contributed by atoms with van der Waals surface area (Å²) in [5.41, 5.74) is 3.65. The zero-order valence-electron chi connectivity index (χ0n) is 13.5. The van der Waals surface area contributed by atoms with Crippen LogP contribution in [-0.4, -0.2) is 36.2 Å². The third-order valence-corrected chi connectivity index (χ3v) is 4.26. The van der Waals surface area contributed by atoms with Gasteiger partial charge in [0.05, 0.1) is 12.6 Å². The monoisotopic (exact) mass is 362 g/mol. The summed E-state index contributed by atoms with van der Waals surface area (Å²) in [5, 5.41) is 1.52. The Morgan fingerprint density at radius 2 is 1.96 bits per heavy atom. The lowest BCUT2D eigenvalue weighted by atomic mass is 10.00. The molecule has 0 atom stereocenters. The molecule has 0 aliphatic carbocycles. The van der Waals surface area contributed by atoms with Gasteiger partial charge in [-0.3, -0.25) is 4.98 Å². The van der Waals surface area contributed by atoms with Gasteiger partial charge in [0.25, 0.3) is 0 Å². The number of benzene rings is 1. The van der Waals surface area contributed by atoms with Crippen LogP contribution >= 0.6 is 23.2 Å². The average molecular weight is 363 g/mol. The second kappa shape index (κ2) is 6.79. The van der Waals surface area contributed by atoms with Crippen LogP contribution in [0.15, 0.2) is 30.6 Å². The molecule has 0 aliphatic rings. The van der Waals surface area contributed by atoms with Gasteiger partial charge in [0.2, 0.25) is 5.28 Å². The number of fused-ring (bicyclic) bond motifs is 1. The topological polar surface area (TPSA) is 51.1 Å². The van der Waals surface area contributed by atoms with Crippen LogP contribution < -0.4 is 9.64 Å².